The molecule has 1 aromatic carbocycles. The first-order valence-corrected chi connectivity index (χ1v) is 8.98. The zero-order valence-electron chi connectivity index (χ0n) is 16.2. The Morgan fingerprint density at radius 3 is 2.55 bits per heavy atom. The maximum absolute atomic E-state index is 13.8. The average molecular weight is 406 g/mol. The zero-order valence-corrected chi connectivity index (χ0v) is 16.2. The van der Waals surface area contributed by atoms with Crippen molar-refractivity contribution < 1.29 is 22.7 Å². The SMILES string of the molecule is COc1ccc(CN/C(=C2/CC(C)n3c(cnc3C(C)=O)C2=N)C(F)(F)F)cc1. The highest BCUT2D eigenvalue weighted by Gasteiger charge is 2.40. The minimum absolute atomic E-state index is 0.0348. The van der Waals surface area contributed by atoms with Gasteiger partial charge in [0.15, 0.2) is 11.6 Å². The van der Waals surface area contributed by atoms with Crippen molar-refractivity contribution >= 4 is 11.5 Å². The molecule has 0 saturated heterocycles. The fourth-order valence-corrected chi connectivity index (χ4v) is 3.43. The molecule has 0 aliphatic carbocycles. The lowest BCUT2D eigenvalue weighted by molar-refractivity contribution is -0.0977. The van der Waals surface area contributed by atoms with Gasteiger partial charge in [-0.1, -0.05) is 12.1 Å². The van der Waals surface area contributed by atoms with E-state index in [4.69, 9.17) is 10.1 Å². The highest BCUT2D eigenvalue weighted by molar-refractivity contribution is 6.11. The topological polar surface area (TPSA) is 80.0 Å². The van der Waals surface area contributed by atoms with Crippen LogP contribution >= 0.6 is 0 Å². The summed E-state index contributed by atoms with van der Waals surface area (Å²) in [6.07, 6.45) is -3.40. The molecule has 0 radical (unpaired) electrons. The Bertz CT molecular complexity index is 975. The minimum atomic E-state index is -4.65. The van der Waals surface area contributed by atoms with Crippen molar-refractivity contribution in [3.8, 4) is 5.75 Å². The van der Waals surface area contributed by atoms with Crippen LogP contribution in [0.3, 0.4) is 0 Å². The maximum atomic E-state index is 13.8. The first kappa shape index (κ1) is 20.6. The molecule has 1 atom stereocenters. The van der Waals surface area contributed by atoms with Crippen molar-refractivity contribution in [3.05, 3.63) is 58.8 Å². The number of methoxy groups -OCH3 is 1. The van der Waals surface area contributed by atoms with Gasteiger partial charge in [0, 0.05) is 25.1 Å². The van der Waals surface area contributed by atoms with Gasteiger partial charge in [-0.2, -0.15) is 13.2 Å². The number of fused-ring (bicyclic) bond motifs is 1. The number of allylic oxidation sites excluding steroid dienone is 2. The number of alkyl halides is 3. The molecular formula is C20H21F3N4O2. The predicted molar refractivity (Wildman–Crippen MR) is 101 cm³/mol. The number of hydrogen-bond acceptors (Lipinski definition) is 5. The highest BCUT2D eigenvalue weighted by atomic mass is 19.4. The van der Waals surface area contributed by atoms with Crippen LogP contribution in [0.5, 0.6) is 5.75 Å². The summed E-state index contributed by atoms with van der Waals surface area (Å²) in [5, 5.41) is 10.8. The molecule has 29 heavy (non-hydrogen) atoms. The van der Waals surface area contributed by atoms with E-state index in [9.17, 15) is 18.0 Å². The molecule has 0 spiro atoms. The van der Waals surface area contributed by atoms with Gasteiger partial charge in [-0.25, -0.2) is 4.98 Å². The summed E-state index contributed by atoms with van der Waals surface area (Å²) < 4.78 is 48.1. The van der Waals surface area contributed by atoms with Crippen LogP contribution in [0.15, 0.2) is 41.7 Å². The van der Waals surface area contributed by atoms with Gasteiger partial charge in [-0.15, -0.1) is 0 Å². The molecule has 154 valence electrons. The van der Waals surface area contributed by atoms with Crippen LogP contribution in [0.4, 0.5) is 13.2 Å². The monoisotopic (exact) mass is 406 g/mol. The van der Waals surface area contributed by atoms with E-state index in [1.807, 2.05) is 0 Å². The number of halogens is 3. The molecule has 0 bridgehead atoms. The van der Waals surface area contributed by atoms with Crippen molar-refractivity contribution in [1.29, 1.82) is 5.41 Å². The number of nitrogens with one attached hydrogen (secondary N) is 2. The third-order valence-corrected chi connectivity index (χ3v) is 4.82. The lowest BCUT2D eigenvalue weighted by Crippen LogP contribution is -2.34. The second-order valence-corrected chi connectivity index (χ2v) is 6.87. The van der Waals surface area contributed by atoms with Gasteiger partial charge in [0.1, 0.15) is 11.4 Å². The van der Waals surface area contributed by atoms with Gasteiger partial charge >= 0.3 is 6.18 Å². The number of benzene rings is 1. The van der Waals surface area contributed by atoms with Crippen LogP contribution in [0.1, 0.15) is 48.2 Å². The van der Waals surface area contributed by atoms with Crippen molar-refractivity contribution in [3.63, 3.8) is 0 Å². The molecule has 1 unspecified atom stereocenters. The van der Waals surface area contributed by atoms with E-state index in [1.54, 1.807) is 31.2 Å². The molecule has 9 heteroatoms. The van der Waals surface area contributed by atoms with Gasteiger partial charge in [-0.05, 0) is 31.0 Å². The number of imidazole rings is 1. The van der Waals surface area contributed by atoms with Crippen LogP contribution in [0, 0.1) is 5.41 Å². The van der Waals surface area contributed by atoms with Crippen LogP contribution in [0.2, 0.25) is 0 Å². The van der Waals surface area contributed by atoms with Crippen molar-refractivity contribution in [2.45, 2.75) is 39.0 Å². The molecule has 1 aliphatic heterocycles. The Balaban J connectivity index is 1.96. The number of carbonyl (C=O) groups is 1. The summed E-state index contributed by atoms with van der Waals surface area (Å²) >= 11 is 0. The molecule has 2 N–H and O–H groups in total. The van der Waals surface area contributed by atoms with E-state index in [1.165, 1.54) is 24.8 Å². The van der Waals surface area contributed by atoms with Gasteiger partial charge in [0.2, 0.25) is 0 Å². The van der Waals surface area contributed by atoms with E-state index in [-0.39, 0.29) is 41.6 Å². The predicted octanol–water partition coefficient (Wildman–Crippen LogP) is 4.03. The Hall–Kier alpha value is -3.10. The number of ether oxygens (including phenoxy) is 1. The van der Waals surface area contributed by atoms with Crippen LogP contribution < -0.4 is 10.1 Å². The molecule has 3 rings (SSSR count). The second kappa shape index (κ2) is 7.73. The van der Waals surface area contributed by atoms with Gasteiger partial charge in [0.05, 0.1) is 24.7 Å². The first-order chi connectivity index (χ1) is 13.6. The van der Waals surface area contributed by atoms with E-state index < -0.39 is 17.9 Å². The van der Waals surface area contributed by atoms with Crippen molar-refractivity contribution in [1.82, 2.24) is 14.9 Å². The summed E-state index contributed by atoms with van der Waals surface area (Å²) in [7, 11) is 1.51. The summed E-state index contributed by atoms with van der Waals surface area (Å²) in [6.45, 7) is 3.00. The molecule has 2 aromatic rings. The molecular weight excluding hydrogens is 385 g/mol. The Morgan fingerprint density at radius 2 is 2.00 bits per heavy atom. The van der Waals surface area contributed by atoms with Gasteiger partial charge in [-0.3, -0.25) is 10.2 Å². The number of nitrogens with zero attached hydrogens (tertiary/aromatic N) is 2. The van der Waals surface area contributed by atoms with Gasteiger partial charge in [0.25, 0.3) is 0 Å². The second-order valence-electron chi connectivity index (χ2n) is 6.87. The molecule has 0 amide bonds. The van der Waals surface area contributed by atoms with Crippen molar-refractivity contribution in [2.24, 2.45) is 0 Å². The average Bonchev–Trinajstić information content (AvgIpc) is 3.11. The standard InChI is InChI=1S/C20H21F3N4O2/c1-11-8-15(17(24)16-10-26-19(12(2)28)27(11)16)18(20(21,22)23)25-9-13-4-6-14(29-3)7-5-13/h4-7,10-11,24-25H,8-9H2,1-3H3/b18-15-,24-17?. The number of rotatable bonds is 5. The van der Waals surface area contributed by atoms with Crippen LogP contribution in [0.25, 0.3) is 0 Å². The number of Topliss-reactive ketones (excluding diaryl/α,β-unsaturated/α-hetero) is 1. The molecule has 6 nitrogen and oxygen atoms in total. The zero-order chi connectivity index (χ0) is 21.3. The fourth-order valence-electron chi connectivity index (χ4n) is 3.43. The smallest absolute Gasteiger partial charge is 0.431 e. The number of hydrogen-bond donors (Lipinski definition) is 2. The molecule has 1 aromatic heterocycles. The quantitative estimate of drug-likeness (QED) is 0.735. The number of carbonyl (C=O) groups excluding carboxylic acids is 1. The van der Waals surface area contributed by atoms with E-state index in [0.29, 0.717) is 11.3 Å². The summed E-state index contributed by atoms with van der Waals surface area (Å²) in [5.41, 5.74) is -0.509. The van der Waals surface area contributed by atoms with Crippen LogP contribution in [-0.2, 0) is 6.54 Å². The Kier molecular flexibility index (Phi) is 5.50. The summed E-state index contributed by atoms with van der Waals surface area (Å²) in [5.74, 6) is 0.466. The van der Waals surface area contributed by atoms with E-state index in [2.05, 4.69) is 10.3 Å². The normalized spacial score (nSPS) is 18.3. The molecule has 0 saturated carbocycles. The third-order valence-electron chi connectivity index (χ3n) is 4.82. The molecule has 1 aliphatic rings. The fraction of sp³-hybridized carbons (Fsp3) is 0.350. The van der Waals surface area contributed by atoms with E-state index >= 15 is 0 Å². The highest BCUT2D eigenvalue weighted by Crippen LogP contribution is 2.36. The molecule has 0 fully saturated rings. The lowest BCUT2D eigenvalue weighted by Gasteiger charge is -2.29. The van der Waals surface area contributed by atoms with Crippen molar-refractivity contribution in [2.75, 3.05) is 7.11 Å². The summed E-state index contributed by atoms with van der Waals surface area (Å²) in [4.78, 5) is 15.7. The number of aromatic nitrogens is 2. The maximum Gasteiger partial charge on any atom is 0.431 e. The van der Waals surface area contributed by atoms with E-state index in [0.717, 1.165) is 0 Å². The Morgan fingerprint density at radius 1 is 1.34 bits per heavy atom. The largest absolute Gasteiger partial charge is 0.497 e. The van der Waals surface area contributed by atoms with Crippen LogP contribution in [-0.4, -0.2) is 34.3 Å². The molecule has 2 heterocycles. The summed E-state index contributed by atoms with van der Waals surface area (Å²) in [6, 6.07) is 6.25. The minimum Gasteiger partial charge on any atom is -0.497 e. The number of ketones is 1. The first-order valence-electron chi connectivity index (χ1n) is 8.98. The lowest BCUT2D eigenvalue weighted by atomic mass is 9.93. The third kappa shape index (κ3) is 4.03. The van der Waals surface area contributed by atoms with Gasteiger partial charge < -0.3 is 14.6 Å². The Labute approximate surface area is 165 Å².